The lowest BCUT2D eigenvalue weighted by Gasteiger charge is -2.46. The molecule has 3 aliphatic carbocycles. The van der Waals surface area contributed by atoms with Gasteiger partial charge in [-0.2, -0.15) is 0 Å². The summed E-state index contributed by atoms with van der Waals surface area (Å²) in [6.45, 7) is 4.51. The van der Waals surface area contributed by atoms with Gasteiger partial charge in [0.1, 0.15) is 0 Å². The molecule has 176 valence electrons. The summed E-state index contributed by atoms with van der Waals surface area (Å²) in [4.78, 5) is 16.1. The summed E-state index contributed by atoms with van der Waals surface area (Å²) in [5, 5.41) is 19.3. The number of nitrogens with zero attached hydrogens (tertiary/aromatic N) is 3. The van der Waals surface area contributed by atoms with E-state index in [1.807, 2.05) is 28.8 Å². The molecular formula is C25H36ClN3O3. The largest absolute Gasteiger partial charge is 0.394 e. The maximum absolute atomic E-state index is 13.4. The molecule has 1 aliphatic heterocycles. The fourth-order valence-corrected chi connectivity index (χ4v) is 7.95. The topological polar surface area (TPSA) is 70.6 Å². The molecule has 4 aliphatic rings. The lowest BCUT2D eigenvalue weighted by Crippen LogP contribution is -2.51. The Morgan fingerprint density at radius 1 is 1.09 bits per heavy atom. The molecule has 0 amide bonds. The van der Waals surface area contributed by atoms with E-state index >= 15 is 0 Å². The van der Waals surface area contributed by atoms with E-state index in [0.717, 1.165) is 48.9 Å². The van der Waals surface area contributed by atoms with E-state index in [-0.39, 0.29) is 37.3 Å². The number of benzene rings is 1. The number of likely N-dealkylation sites (tertiary alicyclic amines) is 1. The molecule has 3 saturated carbocycles. The predicted octanol–water partition coefficient (Wildman–Crippen LogP) is 3.18. The maximum atomic E-state index is 13.4. The van der Waals surface area contributed by atoms with E-state index in [1.165, 1.54) is 32.1 Å². The Bertz CT molecular complexity index is 1050. The van der Waals surface area contributed by atoms with Crippen LogP contribution < -0.4 is 5.69 Å². The number of rotatable bonds is 5. The predicted molar refractivity (Wildman–Crippen MR) is 127 cm³/mol. The first-order chi connectivity index (χ1) is 15.0. The molecule has 4 fully saturated rings. The van der Waals surface area contributed by atoms with Crippen LogP contribution in [0.1, 0.15) is 57.9 Å². The molecule has 2 N–H and O–H groups in total. The van der Waals surface area contributed by atoms with Crippen molar-refractivity contribution in [2.45, 2.75) is 76.6 Å². The standard InChI is InChI=1S/C25H35N3O3.ClH/c1-24-9-6-17(14-24)22(25(24)10-11-25)26-12-7-18(8-13-26)28-21-5-3-2-4-20(21)27(23(28)31)15-19(30)16-29;/h2-5,17-19,22,29-30H,6-16H2,1H3;1H/t17-,19+,22+,24+;/m0./s1. The minimum Gasteiger partial charge on any atom is -0.394 e. The molecule has 7 heteroatoms. The molecule has 1 aromatic heterocycles. The second kappa shape index (κ2) is 7.86. The van der Waals surface area contributed by atoms with E-state index < -0.39 is 6.10 Å². The highest BCUT2D eigenvalue weighted by molar-refractivity contribution is 5.85. The second-order valence-electron chi connectivity index (χ2n) is 11.0. The van der Waals surface area contributed by atoms with Crippen LogP contribution in [0.25, 0.3) is 11.0 Å². The zero-order valence-electron chi connectivity index (χ0n) is 18.9. The number of imidazole rings is 1. The van der Waals surface area contributed by atoms with Crippen molar-refractivity contribution in [1.29, 1.82) is 0 Å². The van der Waals surface area contributed by atoms with Crippen LogP contribution in [0.4, 0.5) is 0 Å². The highest BCUT2D eigenvalue weighted by atomic mass is 35.5. The molecule has 6 nitrogen and oxygen atoms in total. The smallest absolute Gasteiger partial charge is 0.329 e. The van der Waals surface area contributed by atoms with Gasteiger partial charge in [0, 0.05) is 25.2 Å². The van der Waals surface area contributed by atoms with Gasteiger partial charge in [-0.05, 0) is 73.8 Å². The normalized spacial score (nSPS) is 32.5. The Kier molecular flexibility index (Phi) is 5.52. The Morgan fingerprint density at radius 2 is 1.78 bits per heavy atom. The van der Waals surface area contributed by atoms with Crippen molar-refractivity contribution >= 4 is 23.4 Å². The summed E-state index contributed by atoms with van der Waals surface area (Å²) < 4.78 is 3.60. The van der Waals surface area contributed by atoms with Crippen LogP contribution in [0.3, 0.4) is 0 Å². The second-order valence-corrected chi connectivity index (χ2v) is 11.0. The van der Waals surface area contributed by atoms with Gasteiger partial charge in [0.15, 0.2) is 0 Å². The van der Waals surface area contributed by atoms with Crippen LogP contribution in [0.15, 0.2) is 29.1 Å². The number of aliphatic hydroxyl groups excluding tert-OH is 2. The van der Waals surface area contributed by atoms with E-state index in [4.69, 9.17) is 0 Å². The highest BCUT2D eigenvalue weighted by Crippen LogP contribution is 2.76. The third kappa shape index (κ3) is 3.06. The van der Waals surface area contributed by atoms with Crippen LogP contribution in [-0.2, 0) is 6.54 Å². The zero-order valence-corrected chi connectivity index (χ0v) is 19.8. The van der Waals surface area contributed by atoms with Crippen molar-refractivity contribution in [1.82, 2.24) is 14.0 Å². The van der Waals surface area contributed by atoms with Crippen LogP contribution >= 0.6 is 12.4 Å². The molecular weight excluding hydrogens is 426 g/mol. The third-order valence-electron chi connectivity index (χ3n) is 9.51. The summed E-state index contributed by atoms with van der Waals surface area (Å²) in [6.07, 6.45) is 8.20. The van der Waals surface area contributed by atoms with Gasteiger partial charge in [-0.1, -0.05) is 19.1 Å². The number of fused-ring (bicyclic) bond motifs is 4. The first kappa shape index (κ1) is 22.5. The lowest BCUT2D eigenvalue weighted by atomic mass is 9.70. The first-order valence-electron chi connectivity index (χ1n) is 12.2. The summed E-state index contributed by atoms with van der Waals surface area (Å²) in [5.41, 5.74) is 2.91. The molecule has 4 atom stereocenters. The van der Waals surface area contributed by atoms with Crippen molar-refractivity contribution in [2.24, 2.45) is 16.7 Å². The Morgan fingerprint density at radius 3 is 2.44 bits per heavy atom. The Labute approximate surface area is 195 Å². The highest BCUT2D eigenvalue weighted by Gasteiger charge is 2.71. The number of aromatic nitrogens is 2. The number of hydrogen-bond donors (Lipinski definition) is 2. The molecule has 2 heterocycles. The van der Waals surface area contributed by atoms with E-state index in [1.54, 1.807) is 4.57 Å². The summed E-state index contributed by atoms with van der Waals surface area (Å²) in [6, 6.07) is 8.84. The summed E-state index contributed by atoms with van der Waals surface area (Å²) >= 11 is 0. The van der Waals surface area contributed by atoms with Gasteiger partial charge >= 0.3 is 5.69 Å². The molecule has 6 rings (SSSR count). The molecule has 2 bridgehead atoms. The summed E-state index contributed by atoms with van der Waals surface area (Å²) in [7, 11) is 0. The number of para-hydroxylation sites is 2. The average Bonchev–Trinajstić information content (AvgIpc) is 3.33. The molecule has 1 aromatic carbocycles. The van der Waals surface area contributed by atoms with Gasteiger partial charge in [0.05, 0.1) is 30.3 Å². The van der Waals surface area contributed by atoms with Crippen molar-refractivity contribution in [3.63, 3.8) is 0 Å². The number of hydrogen-bond acceptors (Lipinski definition) is 4. The van der Waals surface area contributed by atoms with Gasteiger partial charge in [-0.3, -0.25) is 14.0 Å². The Hall–Kier alpha value is -1.34. The Balaban J connectivity index is 0.00000216. The molecule has 1 spiro atoms. The van der Waals surface area contributed by atoms with Crippen LogP contribution in [0, 0.1) is 16.7 Å². The fraction of sp³-hybridized carbons (Fsp3) is 0.720. The number of piperidine rings is 1. The van der Waals surface area contributed by atoms with E-state index in [0.29, 0.717) is 10.8 Å². The average molecular weight is 462 g/mol. The van der Waals surface area contributed by atoms with Gasteiger partial charge in [0.25, 0.3) is 0 Å². The van der Waals surface area contributed by atoms with Crippen molar-refractivity contribution in [2.75, 3.05) is 19.7 Å². The van der Waals surface area contributed by atoms with E-state index in [2.05, 4.69) is 11.8 Å². The lowest BCUT2D eigenvalue weighted by molar-refractivity contribution is 0.0269. The van der Waals surface area contributed by atoms with Gasteiger partial charge < -0.3 is 10.2 Å². The van der Waals surface area contributed by atoms with Crippen molar-refractivity contribution in [3.8, 4) is 0 Å². The van der Waals surface area contributed by atoms with Gasteiger partial charge in [-0.25, -0.2) is 4.79 Å². The zero-order chi connectivity index (χ0) is 21.4. The van der Waals surface area contributed by atoms with Crippen molar-refractivity contribution in [3.05, 3.63) is 34.7 Å². The van der Waals surface area contributed by atoms with E-state index in [9.17, 15) is 15.0 Å². The molecule has 2 aromatic rings. The van der Waals surface area contributed by atoms with Gasteiger partial charge in [-0.15, -0.1) is 12.4 Å². The fourth-order valence-electron chi connectivity index (χ4n) is 7.95. The van der Waals surface area contributed by atoms with Crippen LogP contribution in [0.2, 0.25) is 0 Å². The molecule has 0 radical (unpaired) electrons. The monoisotopic (exact) mass is 461 g/mol. The molecule has 1 saturated heterocycles. The first-order valence-corrected chi connectivity index (χ1v) is 12.2. The van der Waals surface area contributed by atoms with Gasteiger partial charge in [0.2, 0.25) is 0 Å². The minimum atomic E-state index is -0.923. The molecule has 32 heavy (non-hydrogen) atoms. The van der Waals surface area contributed by atoms with Crippen molar-refractivity contribution < 1.29 is 10.2 Å². The minimum absolute atomic E-state index is 0. The number of halogens is 1. The van der Waals surface area contributed by atoms with Crippen LogP contribution in [-0.4, -0.2) is 56.1 Å². The summed E-state index contributed by atoms with van der Waals surface area (Å²) in [5.74, 6) is 0.883. The van der Waals surface area contributed by atoms with Crippen LogP contribution in [0.5, 0.6) is 0 Å². The SMILES string of the molecule is C[C@@]12CC[C@@H](C1)[C@@H](N1CCC(n3c(=O)n(C[C@@H](O)CO)c4ccccc43)CC1)C21CC1.Cl. The quantitative estimate of drug-likeness (QED) is 0.717. The molecule has 0 unspecified atom stereocenters. The number of aliphatic hydroxyl groups is 2. The maximum Gasteiger partial charge on any atom is 0.329 e. The third-order valence-corrected chi connectivity index (χ3v) is 9.51.